The molecule has 1 aliphatic heterocycles. The quantitative estimate of drug-likeness (QED) is 0.506. The summed E-state index contributed by atoms with van der Waals surface area (Å²) >= 11 is 0. The van der Waals surface area contributed by atoms with Crippen LogP contribution in [0.4, 0.5) is 13.2 Å². The maximum Gasteiger partial charge on any atom is 0.422 e. The highest BCUT2D eigenvalue weighted by molar-refractivity contribution is 7.89. The minimum absolute atomic E-state index is 0.0687. The summed E-state index contributed by atoms with van der Waals surface area (Å²) in [5, 5.41) is 0. The Balaban J connectivity index is 1.41. The van der Waals surface area contributed by atoms with Gasteiger partial charge in [-0.15, -0.1) is 0 Å². The summed E-state index contributed by atoms with van der Waals surface area (Å²) in [6.45, 7) is -0.619. The van der Waals surface area contributed by atoms with Gasteiger partial charge < -0.3 is 9.47 Å². The zero-order valence-corrected chi connectivity index (χ0v) is 17.7. The Morgan fingerprint density at radius 2 is 1.38 bits per heavy atom. The lowest BCUT2D eigenvalue weighted by Crippen LogP contribution is -2.35. The van der Waals surface area contributed by atoms with E-state index in [4.69, 9.17) is 4.74 Å². The van der Waals surface area contributed by atoms with Gasteiger partial charge in [-0.05, 0) is 66.1 Å². The molecule has 3 aromatic carbocycles. The van der Waals surface area contributed by atoms with Gasteiger partial charge in [-0.2, -0.15) is 17.5 Å². The van der Waals surface area contributed by atoms with Crippen LogP contribution in [0.2, 0.25) is 0 Å². The molecule has 0 N–H and O–H groups in total. The van der Waals surface area contributed by atoms with Crippen LogP contribution in [0, 0.1) is 0 Å². The summed E-state index contributed by atoms with van der Waals surface area (Å²) in [5.41, 5.74) is 2.17. The molecule has 0 saturated heterocycles. The fourth-order valence-electron chi connectivity index (χ4n) is 3.41. The normalized spacial score (nSPS) is 14.6. The van der Waals surface area contributed by atoms with Crippen LogP contribution >= 0.6 is 0 Å². The lowest BCUT2D eigenvalue weighted by Gasteiger charge is -2.28. The summed E-state index contributed by atoms with van der Waals surface area (Å²) in [5.74, 6) is 0.851. The van der Waals surface area contributed by atoms with Gasteiger partial charge in [0.1, 0.15) is 17.2 Å². The molecular weight excluding hydrogens is 443 g/mol. The van der Waals surface area contributed by atoms with Gasteiger partial charge >= 0.3 is 6.18 Å². The predicted molar refractivity (Wildman–Crippen MR) is 112 cm³/mol. The van der Waals surface area contributed by atoms with E-state index in [9.17, 15) is 21.6 Å². The molecule has 0 fully saturated rings. The SMILES string of the molecule is O=S(=O)(c1ccc(Oc2ccc(OCC(F)(F)F)cc2)cc1)N1CCc2ccccc2C1. The van der Waals surface area contributed by atoms with Crippen LogP contribution in [-0.2, 0) is 23.0 Å². The van der Waals surface area contributed by atoms with Crippen LogP contribution in [0.1, 0.15) is 11.1 Å². The van der Waals surface area contributed by atoms with Gasteiger partial charge in [-0.3, -0.25) is 0 Å². The number of halogens is 3. The van der Waals surface area contributed by atoms with Crippen molar-refractivity contribution in [2.75, 3.05) is 13.2 Å². The van der Waals surface area contributed by atoms with E-state index < -0.39 is 22.8 Å². The first-order valence-corrected chi connectivity index (χ1v) is 11.3. The third kappa shape index (κ3) is 5.23. The maximum absolute atomic E-state index is 13.0. The minimum atomic E-state index is -4.41. The van der Waals surface area contributed by atoms with E-state index in [0.717, 1.165) is 11.1 Å². The molecule has 0 saturated carbocycles. The number of hydrogen-bond acceptors (Lipinski definition) is 4. The molecule has 3 aromatic rings. The average Bonchev–Trinajstić information content (AvgIpc) is 2.78. The fraction of sp³-hybridized carbons (Fsp3) is 0.217. The maximum atomic E-state index is 13.0. The number of hydrogen-bond donors (Lipinski definition) is 0. The number of rotatable bonds is 6. The third-order valence-corrected chi connectivity index (χ3v) is 6.88. The van der Waals surface area contributed by atoms with E-state index in [-0.39, 0.29) is 10.6 Å². The molecule has 1 aliphatic rings. The highest BCUT2D eigenvalue weighted by Crippen LogP contribution is 2.28. The number of ether oxygens (including phenoxy) is 2. The van der Waals surface area contributed by atoms with Crippen LogP contribution in [0.15, 0.2) is 77.7 Å². The van der Waals surface area contributed by atoms with E-state index >= 15 is 0 Å². The summed E-state index contributed by atoms with van der Waals surface area (Å²) < 4.78 is 74.5. The summed E-state index contributed by atoms with van der Waals surface area (Å²) in [6, 6.07) is 19.5. The lowest BCUT2D eigenvalue weighted by atomic mass is 10.0. The lowest BCUT2D eigenvalue weighted by molar-refractivity contribution is -0.153. The standard InChI is InChI=1S/C23H20F3NO4S/c24-23(25,26)16-30-19-5-7-20(8-6-19)31-21-9-11-22(12-10-21)32(28,29)27-14-13-17-3-1-2-4-18(17)15-27/h1-12H,13-16H2. The minimum Gasteiger partial charge on any atom is -0.484 e. The second-order valence-corrected chi connectivity index (χ2v) is 9.24. The first kappa shape index (κ1) is 22.2. The highest BCUT2D eigenvalue weighted by Gasteiger charge is 2.29. The Kier molecular flexibility index (Phi) is 6.12. The fourth-order valence-corrected chi connectivity index (χ4v) is 4.83. The van der Waals surface area contributed by atoms with Crippen LogP contribution in [-0.4, -0.2) is 32.1 Å². The Hall–Kier alpha value is -3.04. The Morgan fingerprint density at radius 3 is 2.00 bits per heavy atom. The van der Waals surface area contributed by atoms with E-state index in [1.165, 1.54) is 40.7 Å². The van der Waals surface area contributed by atoms with Crippen molar-refractivity contribution in [1.82, 2.24) is 4.31 Å². The smallest absolute Gasteiger partial charge is 0.422 e. The van der Waals surface area contributed by atoms with Gasteiger partial charge in [-0.25, -0.2) is 8.42 Å². The topological polar surface area (TPSA) is 55.8 Å². The molecule has 168 valence electrons. The Morgan fingerprint density at radius 1 is 0.812 bits per heavy atom. The monoisotopic (exact) mass is 463 g/mol. The van der Waals surface area contributed by atoms with E-state index in [1.54, 1.807) is 12.1 Å². The van der Waals surface area contributed by atoms with Crippen molar-refractivity contribution >= 4 is 10.0 Å². The van der Waals surface area contributed by atoms with Gasteiger partial charge in [0.05, 0.1) is 4.90 Å². The summed E-state index contributed by atoms with van der Waals surface area (Å²) in [7, 11) is -3.65. The highest BCUT2D eigenvalue weighted by atomic mass is 32.2. The number of fused-ring (bicyclic) bond motifs is 1. The second-order valence-electron chi connectivity index (χ2n) is 7.31. The van der Waals surface area contributed by atoms with Crippen molar-refractivity contribution in [1.29, 1.82) is 0 Å². The summed E-state index contributed by atoms with van der Waals surface area (Å²) in [4.78, 5) is 0.167. The van der Waals surface area contributed by atoms with Gasteiger partial charge in [0.15, 0.2) is 6.61 Å². The van der Waals surface area contributed by atoms with E-state index in [0.29, 0.717) is 31.0 Å². The second kappa shape index (κ2) is 8.84. The average molecular weight is 463 g/mol. The van der Waals surface area contributed by atoms with Gasteiger partial charge in [0.25, 0.3) is 0 Å². The van der Waals surface area contributed by atoms with Crippen molar-refractivity contribution in [3.63, 3.8) is 0 Å². The molecule has 1 heterocycles. The van der Waals surface area contributed by atoms with Crippen molar-refractivity contribution in [3.05, 3.63) is 83.9 Å². The van der Waals surface area contributed by atoms with Crippen molar-refractivity contribution < 1.29 is 31.1 Å². The molecular formula is C23H20F3NO4S. The first-order valence-electron chi connectivity index (χ1n) is 9.85. The number of sulfonamides is 1. The molecule has 0 atom stereocenters. The van der Waals surface area contributed by atoms with Gasteiger partial charge in [-0.1, -0.05) is 24.3 Å². The molecule has 5 nitrogen and oxygen atoms in total. The molecule has 0 unspecified atom stereocenters. The molecule has 32 heavy (non-hydrogen) atoms. The molecule has 0 aliphatic carbocycles. The molecule has 0 aromatic heterocycles. The van der Waals surface area contributed by atoms with E-state index in [2.05, 4.69) is 4.74 Å². The molecule has 0 amide bonds. The van der Waals surface area contributed by atoms with Crippen LogP contribution in [0.3, 0.4) is 0 Å². The third-order valence-electron chi connectivity index (χ3n) is 5.02. The predicted octanol–water partition coefficient (Wildman–Crippen LogP) is 5.17. The Bertz CT molecular complexity index is 1180. The van der Waals surface area contributed by atoms with E-state index in [1.807, 2.05) is 24.3 Å². The number of nitrogens with zero attached hydrogens (tertiary/aromatic N) is 1. The molecule has 0 radical (unpaired) electrons. The molecule has 0 spiro atoms. The van der Waals surface area contributed by atoms with Crippen molar-refractivity contribution in [2.45, 2.75) is 24.0 Å². The number of benzene rings is 3. The summed E-state index contributed by atoms with van der Waals surface area (Å²) in [6.07, 6.45) is -3.74. The van der Waals surface area contributed by atoms with Crippen molar-refractivity contribution in [2.24, 2.45) is 0 Å². The van der Waals surface area contributed by atoms with Gasteiger partial charge in [0, 0.05) is 13.1 Å². The van der Waals surface area contributed by atoms with Crippen LogP contribution in [0.25, 0.3) is 0 Å². The zero-order valence-electron chi connectivity index (χ0n) is 16.9. The number of alkyl halides is 3. The van der Waals surface area contributed by atoms with Crippen LogP contribution < -0.4 is 9.47 Å². The largest absolute Gasteiger partial charge is 0.484 e. The molecule has 9 heteroatoms. The first-order chi connectivity index (χ1) is 15.2. The van der Waals surface area contributed by atoms with Crippen molar-refractivity contribution in [3.8, 4) is 17.2 Å². The molecule has 4 rings (SSSR count). The molecule has 0 bridgehead atoms. The zero-order chi connectivity index (χ0) is 22.8. The van der Waals surface area contributed by atoms with Crippen LogP contribution in [0.5, 0.6) is 17.2 Å². The Labute approximate surface area is 184 Å². The van der Waals surface area contributed by atoms with Gasteiger partial charge in [0.2, 0.25) is 10.0 Å².